The minimum absolute atomic E-state index is 0.794. The molecular formula is C15H20N2O. The van der Waals surface area contributed by atoms with E-state index in [1.165, 1.54) is 18.4 Å². The van der Waals surface area contributed by atoms with Crippen molar-refractivity contribution >= 4 is 0 Å². The number of hydrogen-bond acceptors (Lipinski definition) is 3. The summed E-state index contributed by atoms with van der Waals surface area (Å²) in [5.41, 5.74) is 2.40. The molecule has 3 nitrogen and oxygen atoms in total. The molecule has 0 saturated carbocycles. The standard InChI is InChI=1S/C15H20N2O/c1-13-11-15(17-18-13)12-16-10-6-5-9-14-7-3-2-4-8-14/h2-4,7-8,11,16H,5-6,9-10,12H2,1H3. The summed E-state index contributed by atoms with van der Waals surface area (Å²) in [4.78, 5) is 0. The van der Waals surface area contributed by atoms with Gasteiger partial charge >= 0.3 is 0 Å². The fourth-order valence-corrected chi connectivity index (χ4v) is 1.94. The normalized spacial score (nSPS) is 10.7. The van der Waals surface area contributed by atoms with E-state index in [2.05, 4.69) is 40.8 Å². The van der Waals surface area contributed by atoms with E-state index < -0.39 is 0 Å². The van der Waals surface area contributed by atoms with Crippen molar-refractivity contribution in [1.82, 2.24) is 10.5 Å². The maximum absolute atomic E-state index is 5.01. The van der Waals surface area contributed by atoms with Gasteiger partial charge in [0.05, 0.1) is 5.69 Å². The molecule has 0 unspecified atom stereocenters. The first kappa shape index (κ1) is 12.8. The van der Waals surface area contributed by atoms with Crippen molar-refractivity contribution in [3.63, 3.8) is 0 Å². The first-order chi connectivity index (χ1) is 8.84. The zero-order valence-corrected chi connectivity index (χ0v) is 10.9. The van der Waals surface area contributed by atoms with Crippen LogP contribution in [-0.2, 0) is 13.0 Å². The second-order valence-corrected chi connectivity index (χ2v) is 4.55. The molecule has 2 aromatic rings. The van der Waals surface area contributed by atoms with Crippen LogP contribution in [0.5, 0.6) is 0 Å². The number of benzene rings is 1. The van der Waals surface area contributed by atoms with Gasteiger partial charge in [-0.15, -0.1) is 0 Å². The molecule has 0 radical (unpaired) electrons. The Morgan fingerprint density at radius 2 is 2.00 bits per heavy atom. The summed E-state index contributed by atoms with van der Waals surface area (Å²) in [6.07, 6.45) is 3.56. The minimum atomic E-state index is 0.794. The predicted molar refractivity (Wildman–Crippen MR) is 72.3 cm³/mol. The number of aromatic nitrogens is 1. The molecule has 1 aromatic heterocycles. The Morgan fingerprint density at radius 3 is 2.72 bits per heavy atom. The fourth-order valence-electron chi connectivity index (χ4n) is 1.94. The van der Waals surface area contributed by atoms with Gasteiger partial charge in [0.2, 0.25) is 0 Å². The van der Waals surface area contributed by atoms with Gasteiger partial charge in [0.1, 0.15) is 5.76 Å². The number of nitrogens with one attached hydrogen (secondary N) is 1. The van der Waals surface area contributed by atoms with Gasteiger partial charge in [-0.25, -0.2) is 0 Å². The third kappa shape index (κ3) is 4.34. The van der Waals surface area contributed by atoms with Crippen molar-refractivity contribution in [3.8, 4) is 0 Å². The van der Waals surface area contributed by atoms with Gasteiger partial charge in [-0.2, -0.15) is 0 Å². The van der Waals surface area contributed by atoms with Crippen LogP contribution in [0.1, 0.15) is 29.9 Å². The Labute approximate surface area is 108 Å². The van der Waals surface area contributed by atoms with Crippen LogP contribution in [0.25, 0.3) is 0 Å². The quantitative estimate of drug-likeness (QED) is 0.761. The number of aryl methyl sites for hydroxylation is 2. The molecular weight excluding hydrogens is 224 g/mol. The first-order valence-corrected chi connectivity index (χ1v) is 6.51. The van der Waals surface area contributed by atoms with Crippen LogP contribution in [0, 0.1) is 6.92 Å². The lowest BCUT2D eigenvalue weighted by Gasteiger charge is -2.03. The molecule has 3 heteroatoms. The van der Waals surface area contributed by atoms with Crippen LogP contribution < -0.4 is 5.32 Å². The molecule has 18 heavy (non-hydrogen) atoms. The first-order valence-electron chi connectivity index (χ1n) is 6.51. The molecule has 0 saturated heterocycles. The van der Waals surface area contributed by atoms with Crippen LogP contribution in [-0.4, -0.2) is 11.7 Å². The van der Waals surface area contributed by atoms with E-state index in [0.29, 0.717) is 0 Å². The Hall–Kier alpha value is -1.61. The molecule has 0 bridgehead atoms. The highest BCUT2D eigenvalue weighted by Gasteiger charge is 1.98. The highest BCUT2D eigenvalue weighted by atomic mass is 16.5. The third-order valence-corrected chi connectivity index (χ3v) is 2.89. The van der Waals surface area contributed by atoms with Gasteiger partial charge in [0, 0.05) is 12.6 Å². The van der Waals surface area contributed by atoms with Crippen LogP contribution in [0.3, 0.4) is 0 Å². The monoisotopic (exact) mass is 244 g/mol. The average molecular weight is 244 g/mol. The van der Waals surface area contributed by atoms with Crippen molar-refractivity contribution in [3.05, 3.63) is 53.4 Å². The zero-order valence-electron chi connectivity index (χ0n) is 10.9. The molecule has 0 spiro atoms. The zero-order chi connectivity index (χ0) is 12.6. The topological polar surface area (TPSA) is 38.1 Å². The van der Waals surface area contributed by atoms with Gasteiger partial charge in [0.15, 0.2) is 0 Å². The van der Waals surface area contributed by atoms with E-state index in [1.807, 2.05) is 13.0 Å². The second kappa shape index (κ2) is 6.97. The van der Waals surface area contributed by atoms with Gasteiger partial charge < -0.3 is 9.84 Å². The Bertz CT molecular complexity index is 451. The minimum Gasteiger partial charge on any atom is -0.361 e. The van der Waals surface area contributed by atoms with Crippen molar-refractivity contribution in [2.45, 2.75) is 32.7 Å². The summed E-state index contributed by atoms with van der Waals surface area (Å²) in [7, 11) is 0. The van der Waals surface area contributed by atoms with Gasteiger partial charge in [-0.3, -0.25) is 0 Å². The third-order valence-electron chi connectivity index (χ3n) is 2.89. The molecule has 2 rings (SSSR count). The van der Waals surface area contributed by atoms with E-state index in [4.69, 9.17) is 4.52 Å². The highest BCUT2D eigenvalue weighted by Crippen LogP contribution is 2.04. The van der Waals surface area contributed by atoms with Crippen LogP contribution in [0.15, 0.2) is 40.9 Å². The van der Waals surface area contributed by atoms with Gasteiger partial charge in [-0.05, 0) is 38.3 Å². The van der Waals surface area contributed by atoms with E-state index >= 15 is 0 Å². The SMILES string of the molecule is Cc1cc(CNCCCCc2ccccc2)no1. The van der Waals surface area contributed by atoms with E-state index in [-0.39, 0.29) is 0 Å². The molecule has 1 heterocycles. The number of unbranched alkanes of at least 4 members (excludes halogenated alkanes) is 1. The fraction of sp³-hybridized carbons (Fsp3) is 0.400. The summed E-state index contributed by atoms with van der Waals surface area (Å²) in [5, 5.41) is 7.32. The highest BCUT2D eigenvalue weighted by molar-refractivity contribution is 5.14. The van der Waals surface area contributed by atoms with E-state index in [1.54, 1.807) is 0 Å². The molecule has 96 valence electrons. The van der Waals surface area contributed by atoms with Crippen molar-refractivity contribution < 1.29 is 4.52 Å². The molecule has 1 N–H and O–H groups in total. The largest absolute Gasteiger partial charge is 0.361 e. The lowest BCUT2D eigenvalue weighted by Crippen LogP contribution is -2.15. The summed E-state index contributed by atoms with van der Waals surface area (Å²) in [5.74, 6) is 0.871. The summed E-state index contributed by atoms with van der Waals surface area (Å²) in [6, 6.07) is 12.6. The number of rotatable bonds is 7. The number of hydrogen-bond donors (Lipinski definition) is 1. The Balaban J connectivity index is 1.54. The summed E-state index contributed by atoms with van der Waals surface area (Å²) in [6.45, 7) is 3.73. The van der Waals surface area contributed by atoms with Gasteiger partial charge in [-0.1, -0.05) is 35.5 Å². The Kier molecular flexibility index (Phi) is 4.97. The maximum atomic E-state index is 5.01. The molecule has 1 aromatic carbocycles. The summed E-state index contributed by atoms with van der Waals surface area (Å²) < 4.78 is 5.01. The molecule has 0 atom stereocenters. The van der Waals surface area contributed by atoms with Crippen molar-refractivity contribution in [1.29, 1.82) is 0 Å². The molecule has 0 aliphatic carbocycles. The van der Waals surface area contributed by atoms with Crippen molar-refractivity contribution in [2.24, 2.45) is 0 Å². The van der Waals surface area contributed by atoms with Crippen LogP contribution >= 0.6 is 0 Å². The smallest absolute Gasteiger partial charge is 0.133 e. The van der Waals surface area contributed by atoms with E-state index in [0.717, 1.165) is 31.0 Å². The Morgan fingerprint density at radius 1 is 1.17 bits per heavy atom. The lowest BCUT2D eigenvalue weighted by molar-refractivity contribution is 0.388. The second-order valence-electron chi connectivity index (χ2n) is 4.55. The maximum Gasteiger partial charge on any atom is 0.133 e. The molecule has 0 aliphatic heterocycles. The average Bonchev–Trinajstić information content (AvgIpc) is 2.81. The van der Waals surface area contributed by atoms with Crippen molar-refractivity contribution in [2.75, 3.05) is 6.54 Å². The summed E-state index contributed by atoms with van der Waals surface area (Å²) >= 11 is 0. The molecule has 0 aliphatic rings. The predicted octanol–water partition coefficient (Wildman–Crippen LogP) is 3.10. The van der Waals surface area contributed by atoms with Crippen LogP contribution in [0.4, 0.5) is 0 Å². The van der Waals surface area contributed by atoms with E-state index in [9.17, 15) is 0 Å². The van der Waals surface area contributed by atoms with Gasteiger partial charge in [0.25, 0.3) is 0 Å². The molecule has 0 fully saturated rings. The molecule has 0 amide bonds. The van der Waals surface area contributed by atoms with Crippen LogP contribution in [0.2, 0.25) is 0 Å². The number of nitrogens with zero attached hydrogens (tertiary/aromatic N) is 1. The lowest BCUT2D eigenvalue weighted by atomic mass is 10.1.